The van der Waals surface area contributed by atoms with Gasteiger partial charge in [0.2, 0.25) is 0 Å². The van der Waals surface area contributed by atoms with Crippen LogP contribution < -0.4 is 10.6 Å². The van der Waals surface area contributed by atoms with Crippen LogP contribution in [0.2, 0.25) is 0 Å². The molecule has 0 atom stereocenters. The molecule has 0 unspecified atom stereocenters. The third-order valence-electron chi connectivity index (χ3n) is 1.84. The molecule has 2 N–H and O–H groups in total. The lowest BCUT2D eigenvalue weighted by Crippen LogP contribution is -2.22. The molecule has 1 aromatic heterocycles. The highest BCUT2D eigenvalue weighted by atomic mass is 35.5. The third-order valence-corrected chi connectivity index (χ3v) is 1.84. The minimum Gasteiger partial charge on any atom is -0.384 e. The summed E-state index contributed by atoms with van der Waals surface area (Å²) in [6, 6.07) is 5.70. The van der Waals surface area contributed by atoms with Crippen molar-refractivity contribution in [3.8, 4) is 0 Å². The van der Waals surface area contributed by atoms with E-state index in [4.69, 9.17) is 5.73 Å². The maximum absolute atomic E-state index is 5.57. The van der Waals surface area contributed by atoms with E-state index in [1.54, 1.807) is 6.07 Å². The van der Waals surface area contributed by atoms with E-state index >= 15 is 0 Å². The van der Waals surface area contributed by atoms with Crippen LogP contribution in [0.4, 0.5) is 11.6 Å². The van der Waals surface area contributed by atoms with Gasteiger partial charge in [-0.15, -0.1) is 12.4 Å². The Bertz CT molecular complexity index is 248. The van der Waals surface area contributed by atoms with E-state index < -0.39 is 0 Å². The lowest BCUT2D eigenvalue weighted by molar-refractivity contribution is 0.847. The molecule has 74 valence electrons. The number of pyridine rings is 1. The summed E-state index contributed by atoms with van der Waals surface area (Å²) in [5.74, 6) is 1.54. The summed E-state index contributed by atoms with van der Waals surface area (Å²) in [5.41, 5.74) is 5.57. The van der Waals surface area contributed by atoms with Gasteiger partial charge in [0.15, 0.2) is 0 Å². The van der Waals surface area contributed by atoms with Gasteiger partial charge in [0.25, 0.3) is 0 Å². The number of hydrogen-bond acceptors (Lipinski definition) is 3. The molecule has 1 heterocycles. The molecule has 0 bridgehead atoms. The molecule has 4 heteroatoms. The fourth-order valence-electron chi connectivity index (χ4n) is 1.16. The Balaban J connectivity index is 0.00000144. The van der Waals surface area contributed by atoms with Crippen LogP contribution in [-0.4, -0.2) is 18.1 Å². The Hall–Kier alpha value is -0.960. The van der Waals surface area contributed by atoms with Crippen LogP contribution in [0.15, 0.2) is 18.2 Å². The van der Waals surface area contributed by atoms with Crippen molar-refractivity contribution in [2.45, 2.75) is 13.8 Å². The molecule has 3 nitrogen and oxygen atoms in total. The van der Waals surface area contributed by atoms with Crippen LogP contribution in [0.25, 0.3) is 0 Å². The lowest BCUT2D eigenvalue weighted by atomic mass is 10.4. The molecule has 0 amide bonds. The van der Waals surface area contributed by atoms with Gasteiger partial charge in [-0.25, -0.2) is 4.98 Å². The second-order valence-electron chi connectivity index (χ2n) is 2.59. The number of anilines is 2. The van der Waals surface area contributed by atoms with Crippen LogP contribution in [0, 0.1) is 0 Å². The summed E-state index contributed by atoms with van der Waals surface area (Å²) in [5, 5.41) is 0. The first kappa shape index (κ1) is 12.0. The maximum Gasteiger partial charge on any atom is 0.130 e. The van der Waals surface area contributed by atoms with Gasteiger partial charge < -0.3 is 10.6 Å². The zero-order valence-corrected chi connectivity index (χ0v) is 8.84. The quantitative estimate of drug-likeness (QED) is 0.813. The monoisotopic (exact) mass is 201 g/mol. The van der Waals surface area contributed by atoms with E-state index in [0.717, 1.165) is 18.9 Å². The Labute approximate surface area is 85.4 Å². The molecular weight excluding hydrogens is 186 g/mol. The van der Waals surface area contributed by atoms with Crippen LogP contribution in [0.1, 0.15) is 13.8 Å². The van der Waals surface area contributed by atoms with Crippen molar-refractivity contribution in [1.82, 2.24) is 4.98 Å². The molecule has 0 radical (unpaired) electrons. The predicted octanol–water partition coefficient (Wildman–Crippen LogP) is 1.93. The number of halogens is 1. The molecule has 0 saturated heterocycles. The van der Waals surface area contributed by atoms with Crippen molar-refractivity contribution in [3.05, 3.63) is 18.2 Å². The highest BCUT2D eigenvalue weighted by Crippen LogP contribution is 2.11. The summed E-state index contributed by atoms with van der Waals surface area (Å²) >= 11 is 0. The zero-order chi connectivity index (χ0) is 8.97. The summed E-state index contributed by atoms with van der Waals surface area (Å²) in [4.78, 5) is 6.38. The van der Waals surface area contributed by atoms with E-state index in [1.807, 2.05) is 12.1 Å². The minimum absolute atomic E-state index is 0. The van der Waals surface area contributed by atoms with E-state index in [0.29, 0.717) is 5.82 Å². The van der Waals surface area contributed by atoms with E-state index in [-0.39, 0.29) is 12.4 Å². The molecule has 1 rings (SSSR count). The Morgan fingerprint density at radius 1 is 1.31 bits per heavy atom. The summed E-state index contributed by atoms with van der Waals surface area (Å²) in [6.45, 7) is 6.14. The third kappa shape index (κ3) is 3.11. The SMILES string of the molecule is CCN(CC)c1cccc(N)n1.Cl. The Morgan fingerprint density at radius 2 is 1.92 bits per heavy atom. The first-order valence-electron chi connectivity index (χ1n) is 4.25. The zero-order valence-electron chi connectivity index (χ0n) is 8.03. The second kappa shape index (κ2) is 5.65. The highest BCUT2D eigenvalue weighted by molar-refractivity contribution is 5.85. The molecule has 13 heavy (non-hydrogen) atoms. The lowest BCUT2D eigenvalue weighted by Gasteiger charge is -2.19. The van der Waals surface area contributed by atoms with Gasteiger partial charge in [-0.05, 0) is 26.0 Å². The minimum atomic E-state index is 0. The average Bonchev–Trinajstić information content (AvgIpc) is 2.07. The summed E-state index contributed by atoms with van der Waals surface area (Å²) in [6.07, 6.45) is 0. The fourth-order valence-corrected chi connectivity index (χ4v) is 1.16. The van der Waals surface area contributed by atoms with Gasteiger partial charge in [-0.3, -0.25) is 0 Å². The number of aromatic nitrogens is 1. The molecular formula is C9H16ClN3. The first-order chi connectivity index (χ1) is 5.77. The predicted molar refractivity (Wildman–Crippen MR) is 59.5 cm³/mol. The molecule has 0 aromatic carbocycles. The molecule has 0 spiro atoms. The van der Waals surface area contributed by atoms with Gasteiger partial charge in [0.05, 0.1) is 0 Å². The van der Waals surface area contributed by atoms with Crippen LogP contribution in [0.5, 0.6) is 0 Å². The standard InChI is InChI=1S/C9H15N3.ClH/c1-3-12(4-2)9-7-5-6-8(10)11-9;/h5-7H,3-4H2,1-2H3,(H2,10,11);1H. The fraction of sp³-hybridized carbons (Fsp3) is 0.444. The van der Waals surface area contributed by atoms with Gasteiger partial charge >= 0.3 is 0 Å². The molecule has 0 aliphatic heterocycles. The Morgan fingerprint density at radius 3 is 2.38 bits per heavy atom. The van der Waals surface area contributed by atoms with E-state index in [1.165, 1.54) is 0 Å². The molecule has 0 saturated carbocycles. The van der Waals surface area contributed by atoms with Crippen molar-refractivity contribution in [1.29, 1.82) is 0 Å². The van der Waals surface area contributed by atoms with Gasteiger partial charge in [0.1, 0.15) is 11.6 Å². The number of nitrogens with two attached hydrogens (primary N) is 1. The Kier molecular flexibility index (Phi) is 5.23. The average molecular weight is 202 g/mol. The van der Waals surface area contributed by atoms with Crippen molar-refractivity contribution >= 4 is 24.0 Å². The van der Waals surface area contributed by atoms with Gasteiger partial charge in [-0.2, -0.15) is 0 Å². The molecule has 1 aromatic rings. The number of hydrogen-bond donors (Lipinski definition) is 1. The topological polar surface area (TPSA) is 42.1 Å². The maximum atomic E-state index is 5.57. The summed E-state index contributed by atoms with van der Waals surface area (Å²) < 4.78 is 0. The van der Waals surface area contributed by atoms with Crippen molar-refractivity contribution in [3.63, 3.8) is 0 Å². The van der Waals surface area contributed by atoms with Crippen LogP contribution in [0.3, 0.4) is 0 Å². The van der Waals surface area contributed by atoms with Crippen molar-refractivity contribution < 1.29 is 0 Å². The second-order valence-corrected chi connectivity index (χ2v) is 2.59. The molecule has 0 aliphatic rings. The molecule has 0 fully saturated rings. The summed E-state index contributed by atoms with van der Waals surface area (Å²) in [7, 11) is 0. The van der Waals surface area contributed by atoms with Gasteiger partial charge in [-0.1, -0.05) is 6.07 Å². The molecule has 0 aliphatic carbocycles. The van der Waals surface area contributed by atoms with Crippen LogP contribution >= 0.6 is 12.4 Å². The largest absolute Gasteiger partial charge is 0.384 e. The number of nitrogen functional groups attached to an aromatic ring is 1. The highest BCUT2D eigenvalue weighted by Gasteiger charge is 2.01. The first-order valence-corrected chi connectivity index (χ1v) is 4.25. The van der Waals surface area contributed by atoms with Crippen molar-refractivity contribution in [2.75, 3.05) is 23.7 Å². The van der Waals surface area contributed by atoms with Crippen LogP contribution in [-0.2, 0) is 0 Å². The number of rotatable bonds is 3. The van der Waals surface area contributed by atoms with E-state index in [9.17, 15) is 0 Å². The van der Waals surface area contributed by atoms with Gasteiger partial charge in [0, 0.05) is 13.1 Å². The smallest absolute Gasteiger partial charge is 0.130 e. The normalized spacial score (nSPS) is 9.08. The van der Waals surface area contributed by atoms with Crippen molar-refractivity contribution in [2.24, 2.45) is 0 Å². The van der Waals surface area contributed by atoms with E-state index in [2.05, 4.69) is 23.7 Å². The number of nitrogens with zero attached hydrogens (tertiary/aromatic N) is 2.